The average Bonchev–Trinajstić information content (AvgIpc) is 2.76. The predicted octanol–water partition coefficient (Wildman–Crippen LogP) is 1.99. The monoisotopic (exact) mass is 301 g/mol. The molecule has 0 bridgehead atoms. The van der Waals surface area contributed by atoms with E-state index in [0.717, 1.165) is 0 Å². The largest absolute Gasteiger partial charge is 0.320 e. The van der Waals surface area contributed by atoms with Crippen LogP contribution in [0.4, 0.5) is 0 Å². The van der Waals surface area contributed by atoms with E-state index in [-0.39, 0.29) is 5.92 Å². The topological polar surface area (TPSA) is 98.5 Å². The quantitative estimate of drug-likeness (QED) is 0.870. The van der Waals surface area contributed by atoms with Gasteiger partial charge in [-0.25, -0.2) is 9.35 Å². The Kier molecular flexibility index (Phi) is 5.42. The number of nitrogens with zero attached hydrogens (tertiary/aromatic N) is 1. The number of hydrogen-bond acceptors (Lipinski definition) is 4. The summed E-state index contributed by atoms with van der Waals surface area (Å²) in [5, 5.41) is 7.40. The van der Waals surface area contributed by atoms with E-state index < -0.39 is 21.9 Å². The predicted molar refractivity (Wildman–Crippen MR) is 79.9 cm³/mol. The third kappa shape index (κ3) is 4.24. The molecular weight excluding hydrogens is 282 g/mol. The lowest BCUT2D eigenvalue weighted by atomic mass is 10.0. The maximum absolute atomic E-state index is 12.3. The van der Waals surface area contributed by atoms with Gasteiger partial charge in [-0.15, -0.1) is 15.7 Å². The first kappa shape index (κ1) is 16.0. The lowest BCUT2D eigenvalue weighted by Gasteiger charge is -2.10. The molecule has 0 aromatic carbocycles. The molecule has 7 heteroatoms. The van der Waals surface area contributed by atoms with Gasteiger partial charge in [-0.05, 0) is 23.8 Å². The van der Waals surface area contributed by atoms with Gasteiger partial charge in [-0.2, -0.15) is 0 Å². The Bertz CT molecular complexity index is 584. The van der Waals surface area contributed by atoms with Crippen molar-refractivity contribution in [1.82, 2.24) is 0 Å². The highest BCUT2D eigenvalue weighted by Gasteiger charge is 2.19. The van der Waals surface area contributed by atoms with Gasteiger partial charge < -0.3 is 5.73 Å². The number of hydrogen-bond donors (Lipinski definition) is 2. The molecule has 0 aliphatic rings. The lowest BCUT2D eigenvalue weighted by molar-refractivity contribution is -0.119. The highest BCUT2D eigenvalue weighted by atomic mass is 32.2. The van der Waals surface area contributed by atoms with Gasteiger partial charge in [0.1, 0.15) is 4.21 Å². The summed E-state index contributed by atoms with van der Waals surface area (Å²) >= 11 is 1.19. The maximum Gasteiger partial charge on any atom is 0.271 e. The molecule has 0 saturated carbocycles. The average molecular weight is 301 g/mol. The van der Waals surface area contributed by atoms with Crippen LogP contribution in [0.3, 0.4) is 0 Å². The number of nitrogens with two attached hydrogens (primary N) is 2. The smallest absolute Gasteiger partial charge is 0.271 e. The number of thiophene rings is 1. The van der Waals surface area contributed by atoms with Crippen molar-refractivity contribution in [3.05, 3.63) is 23.6 Å². The minimum Gasteiger partial charge on any atom is -0.320 e. The fourth-order valence-electron chi connectivity index (χ4n) is 1.55. The first-order valence-corrected chi connectivity index (χ1v) is 8.28. The summed E-state index contributed by atoms with van der Waals surface area (Å²) in [6.45, 7) is 7.50. The van der Waals surface area contributed by atoms with Gasteiger partial charge in [0.2, 0.25) is 0 Å². The van der Waals surface area contributed by atoms with Gasteiger partial charge in [0.15, 0.2) is 9.92 Å². The van der Waals surface area contributed by atoms with E-state index in [2.05, 4.69) is 10.9 Å². The molecule has 0 fully saturated rings. The maximum atomic E-state index is 12.3. The standard InChI is InChI=1S/C12H19N3O2S2/c1-4-9-5-6-18-12(9)19(14,17)15-11(16)10(13)7-8(2)3/h4-6,8,10H,1,7,13H2,2-3H3,(H2,14,15,16,17)/t10-,19?/m0/s1. The second-order valence-electron chi connectivity index (χ2n) is 4.60. The van der Waals surface area contributed by atoms with Gasteiger partial charge in [0, 0.05) is 5.56 Å². The Labute approximate surface area is 118 Å². The molecule has 1 aromatic rings. The minimum absolute atomic E-state index is 0.258. The van der Waals surface area contributed by atoms with Crippen LogP contribution in [0.2, 0.25) is 0 Å². The second kappa shape index (κ2) is 6.42. The number of carbonyl (C=O) groups excluding carboxylic acids is 1. The van der Waals surface area contributed by atoms with E-state index in [1.807, 2.05) is 13.8 Å². The van der Waals surface area contributed by atoms with Crippen molar-refractivity contribution in [2.24, 2.45) is 21.2 Å². The van der Waals surface area contributed by atoms with E-state index in [0.29, 0.717) is 16.2 Å². The van der Waals surface area contributed by atoms with Gasteiger partial charge in [0.25, 0.3) is 5.91 Å². The van der Waals surface area contributed by atoms with Crippen LogP contribution in [0, 0.1) is 5.92 Å². The van der Waals surface area contributed by atoms with Crippen molar-refractivity contribution in [3.8, 4) is 0 Å². The molecule has 0 aliphatic carbocycles. The van der Waals surface area contributed by atoms with Gasteiger partial charge in [0.05, 0.1) is 6.04 Å². The summed E-state index contributed by atoms with van der Waals surface area (Å²) in [5.74, 6) is -0.363. The van der Waals surface area contributed by atoms with Crippen molar-refractivity contribution in [2.75, 3.05) is 0 Å². The second-order valence-corrected chi connectivity index (χ2v) is 7.50. The van der Waals surface area contributed by atoms with E-state index in [4.69, 9.17) is 10.9 Å². The van der Waals surface area contributed by atoms with Crippen LogP contribution in [0.1, 0.15) is 25.8 Å². The number of carbonyl (C=O) groups is 1. The first-order chi connectivity index (χ1) is 8.77. The number of rotatable bonds is 5. The molecule has 1 unspecified atom stereocenters. The summed E-state index contributed by atoms with van der Waals surface area (Å²) in [4.78, 5) is 11.8. The molecule has 2 atom stereocenters. The third-order valence-corrected chi connectivity index (χ3v) is 5.36. The van der Waals surface area contributed by atoms with Crippen LogP contribution in [-0.2, 0) is 14.7 Å². The van der Waals surface area contributed by atoms with Crippen molar-refractivity contribution in [2.45, 2.75) is 30.5 Å². The molecule has 1 aromatic heterocycles. The normalized spacial score (nSPS) is 15.8. The van der Waals surface area contributed by atoms with Crippen LogP contribution in [0.15, 0.2) is 26.6 Å². The summed E-state index contributed by atoms with van der Waals surface area (Å²) in [6.07, 6.45) is 2.02. The summed E-state index contributed by atoms with van der Waals surface area (Å²) in [5.41, 5.74) is 6.34. The molecule has 5 nitrogen and oxygen atoms in total. The third-order valence-electron chi connectivity index (χ3n) is 2.41. The minimum atomic E-state index is -3.25. The van der Waals surface area contributed by atoms with Gasteiger partial charge in [-0.3, -0.25) is 4.79 Å². The van der Waals surface area contributed by atoms with Gasteiger partial charge in [-0.1, -0.05) is 26.5 Å². The Morgan fingerprint density at radius 3 is 2.79 bits per heavy atom. The molecule has 19 heavy (non-hydrogen) atoms. The van der Waals surface area contributed by atoms with Crippen LogP contribution in [0.25, 0.3) is 6.08 Å². The summed E-state index contributed by atoms with van der Waals surface area (Å²) < 4.78 is 16.3. The van der Waals surface area contributed by atoms with E-state index in [9.17, 15) is 9.00 Å². The molecule has 106 valence electrons. The molecular formula is C12H19N3O2S2. The van der Waals surface area contributed by atoms with E-state index >= 15 is 0 Å². The van der Waals surface area contributed by atoms with Crippen LogP contribution < -0.4 is 10.9 Å². The van der Waals surface area contributed by atoms with E-state index in [1.165, 1.54) is 17.4 Å². The fraction of sp³-hybridized carbons (Fsp3) is 0.417. The molecule has 0 aliphatic heterocycles. The molecule has 1 rings (SSSR count). The first-order valence-electron chi connectivity index (χ1n) is 5.82. The summed E-state index contributed by atoms with van der Waals surface area (Å²) in [6, 6.07) is 0.963. The lowest BCUT2D eigenvalue weighted by Crippen LogP contribution is -2.32. The SMILES string of the molecule is C=Cc1ccsc1S(N)(=O)=NC(=O)[C@@H](N)CC(C)C. The fourth-order valence-corrected chi connectivity index (χ4v) is 3.98. The molecule has 1 amide bonds. The van der Waals surface area contributed by atoms with Crippen molar-refractivity contribution in [3.63, 3.8) is 0 Å². The Balaban J connectivity index is 3.06. The molecule has 1 heterocycles. The highest BCUT2D eigenvalue weighted by Crippen LogP contribution is 2.23. The van der Waals surface area contributed by atoms with Crippen molar-refractivity contribution >= 4 is 33.2 Å². The van der Waals surface area contributed by atoms with Crippen molar-refractivity contribution in [1.29, 1.82) is 0 Å². The van der Waals surface area contributed by atoms with Crippen LogP contribution >= 0.6 is 11.3 Å². The van der Waals surface area contributed by atoms with Crippen LogP contribution in [-0.4, -0.2) is 16.2 Å². The molecule has 0 saturated heterocycles. The highest BCUT2D eigenvalue weighted by molar-refractivity contribution is 7.93. The Hall–Kier alpha value is -1.02. The summed E-state index contributed by atoms with van der Waals surface area (Å²) in [7, 11) is -3.25. The van der Waals surface area contributed by atoms with Gasteiger partial charge >= 0.3 is 0 Å². The zero-order valence-corrected chi connectivity index (χ0v) is 12.7. The van der Waals surface area contributed by atoms with Crippen molar-refractivity contribution < 1.29 is 9.00 Å². The number of amides is 1. The van der Waals surface area contributed by atoms with Crippen LogP contribution in [0.5, 0.6) is 0 Å². The zero-order chi connectivity index (χ0) is 14.6. The Morgan fingerprint density at radius 2 is 2.26 bits per heavy atom. The molecule has 0 radical (unpaired) electrons. The molecule has 4 N–H and O–H groups in total. The Morgan fingerprint density at radius 1 is 1.63 bits per heavy atom. The zero-order valence-electron chi connectivity index (χ0n) is 11.0. The molecule has 0 spiro atoms. The van der Waals surface area contributed by atoms with E-state index in [1.54, 1.807) is 11.4 Å².